The molecule has 0 saturated carbocycles. The van der Waals surface area contributed by atoms with Gasteiger partial charge in [-0.25, -0.2) is 29.2 Å². The molecular weight excluding hydrogens is 272 g/mol. The number of hydrazine groups is 1. The van der Waals surface area contributed by atoms with Crippen molar-refractivity contribution in [2.24, 2.45) is 0 Å². The van der Waals surface area contributed by atoms with Gasteiger partial charge in [0.05, 0.1) is 5.69 Å². The standard InChI is InChI=1S/C12H15F2N3O3/c1-12(2,3)20-11(19)17-16-10(18)15-9-5-4-7(13)6-8(9)14/h4-6H,1-3H3,(H,17,19)(H2,15,16,18). The van der Waals surface area contributed by atoms with Gasteiger partial charge in [-0.3, -0.25) is 0 Å². The molecule has 20 heavy (non-hydrogen) atoms. The van der Waals surface area contributed by atoms with Crippen LogP contribution in [0.1, 0.15) is 20.8 Å². The molecule has 6 nitrogen and oxygen atoms in total. The van der Waals surface area contributed by atoms with Crippen LogP contribution in [0.3, 0.4) is 0 Å². The molecule has 0 aliphatic rings. The number of urea groups is 1. The highest BCUT2D eigenvalue weighted by molar-refractivity contribution is 5.90. The van der Waals surface area contributed by atoms with E-state index in [0.717, 1.165) is 12.1 Å². The molecule has 8 heteroatoms. The van der Waals surface area contributed by atoms with Gasteiger partial charge in [0.15, 0.2) is 0 Å². The molecule has 0 bridgehead atoms. The molecule has 110 valence electrons. The normalized spacial score (nSPS) is 10.7. The lowest BCUT2D eigenvalue weighted by Crippen LogP contribution is -2.46. The number of carbonyl (C=O) groups excluding carboxylic acids is 2. The first kappa shape index (κ1) is 15.7. The minimum Gasteiger partial charge on any atom is -0.443 e. The number of benzene rings is 1. The van der Waals surface area contributed by atoms with Crippen LogP contribution < -0.4 is 16.2 Å². The van der Waals surface area contributed by atoms with Crippen molar-refractivity contribution < 1.29 is 23.1 Å². The Labute approximate surface area is 114 Å². The third-order valence-electron chi connectivity index (χ3n) is 1.86. The van der Waals surface area contributed by atoms with Gasteiger partial charge in [-0.05, 0) is 32.9 Å². The predicted octanol–water partition coefficient (Wildman–Crippen LogP) is 2.53. The summed E-state index contributed by atoms with van der Waals surface area (Å²) in [5.74, 6) is -1.70. The molecular formula is C12H15F2N3O3. The van der Waals surface area contributed by atoms with Crippen LogP contribution in [-0.4, -0.2) is 17.7 Å². The van der Waals surface area contributed by atoms with Crippen molar-refractivity contribution in [2.75, 3.05) is 5.32 Å². The van der Waals surface area contributed by atoms with Crippen LogP contribution in [0.4, 0.5) is 24.1 Å². The van der Waals surface area contributed by atoms with Crippen LogP contribution in [0.15, 0.2) is 18.2 Å². The lowest BCUT2D eigenvalue weighted by molar-refractivity contribution is 0.0506. The van der Waals surface area contributed by atoms with Crippen molar-refractivity contribution in [1.29, 1.82) is 0 Å². The molecule has 1 aromatic carbocycles. The molecule has 3 amide bonds. The van der Waals surface area contributed by atoms with E-state index in [9.17, 15) is 18.4 Å². The first-order valence-corrected chi connectivity index (χ1v) is 5.68. The average Bonchev–Trinajstić information content (AvgIpc) is 2.28. The summed E-state index contributed by atoms with van der Waals surface area (Å²) in [5, 5.41) is 2.09. The average molecular weight is 287 g/mol. The van der Waals surface area contributed by atoms with E-state index in [4.69, 9.17) is 4.74 Å². The van der Waals surface area contributed by atoms with Gasteiger partial charge in [-0.15, -0.1) is 0 Å². The summed E-state index contributed by atoms with van der Waals surface area (Å²) < 4.78 is 30.8. The number of carbonyl (C=O) groups is 2. The lowest BCUT2D eigenvalue weighted by Gasteiger charge is -2.19. The van der Waals surface area contributed by atoms with E-state index < -0.39 is 29.4 Å². The predicted molar refractivity (Wildman–Crippen MR) is 67.9 cm³/mol. The van der Waals surface area contributed by atoms with E-state index in [-0.39, 0.29) is 5.69 Å². The maximum atomic E-state index is 13.2. The molecule has 1 rings (SSSR count). The second-order valence-corrected chi connectivity index (χ2v) is 4.83. The van der Waals surface area contributed by atoms with Crippen LogP contribution in [0.5, 0.6) is 0 Å². The second-order valence-electron chi connectivity index (χ2n) is 4.83. The molecule has 0 fully saturated rings. The molecule has 1 aromatic rings. The zero-order valence-corrected chi connectivity index (χ0v) is 11.2. The highest BCUT2D eigenvalue weighted by Gasteiger charge is 2.16. The minimum atomic E-state index is -0.933. The number of hydrogen-bond acceptors (Lipinski definition) is 3. The molecule has 0 spiro atoms. The minimum absolute atomic E-state index is 0.227. The van der Waals surface area contributed by atoms with Crippen molar-refractivity contribution >= 4 is 17.8 Å². The molecule has 0 aliphatic heterocycles. The Morgan fingerprint density at radius 2 is 1.80 bits per heavy atom. The number of halogens is 2. The summed E-state index contributed by atoms with van der Waals surface area (Å²) in [6, 6.07) is 1.76. The third kappa shape index (κ3) is 5.51. The van der Waals surface area contributed by atoms with E-state index >= 15 is 0 Å². The quantitative estimate of drug-likeness (QED) is 0.694. The molecule has 0 radical (unpaired) electrons. The summed E-state index contributed by atoms with van der Waals surface area (Å²) in [5.41, 5.74) is 2.99. The van der Waals surface area contributed by atoms with Gasteiger partial charge >= 0.3 is 12.1 Å². The topological polar surface area (TPSA) is 79.5 Å². The first-order chi connectivity index (χ1) is 9.17. The summed E-state index contributed by atoms with van der Waals surface area (Å²) in [6.07, 6.45) is -0.868. The van der Waals surface area contributed by atoms with Gasteiger partial charge in [-0.1, -0.05) is 0 Å². The molecule has 0 saturated heterocycles. The van der Waals surface area contributed by atoms with Crippen LogP contribution >= 0.6 is 0 Å². The monoisotopic (exact) mass is 287 g/mol. The summed E-state index contributed by atoms with van der Waals surface area (Å²) in [4.78, 5) is 22.6. The van der Waals surface area contributed by atoms with E-state index in [0.29, 0.717) is 6.07 Å². The van der Waals surface area contributed by atoms with E-state index in [2.05, 4.69) is 5.32 Å². The smallest absolute Gasteiger partial charge is 0.426 e. The van der Waals surface area contributed by atoms with Gasteiger partial charge in [0, 0.05) is 6.07 Å². The molecule has 0 heterocycles. The fraction of sp³-hybridized carbons (Fsp3) is 0.333. The van der Waals surface area contributed by atoms with Gasteiger partial charge in [-0.2, -0.15) is 0 Å². The highest BCUT2D eigenvalue weighted by Crippen LogP contribution is 2.14. The third-order valence-corrected chi connectivity index (χ3v) is 1.86. The van der Waals surface area contributed by atoms with Crippen LogP contribution in [0.2, 0.25) is 0 Å². The van der Waals surface area contributed by atoms with E-state index in [1.54, 1.807) is 20.8 Å². The SMILES string of the molecule is CC(C)(C)OC(=O)NNC(=O)Nc1ccc(F)cc1F. The Hall–Kier alpha value is -2.38. The van der Waals surface area contributed by atoms with Crippen LogP contribution in [-0.2, 0) is 4.74 Å². The van der Waals surface area contributed by atoms with Crippen LogP contribution in [0.25, 0.3) is 0 Å². The Morgan fingerprint density at radius 1 is 1.15 bits per heavy atom. The maximum Gasteiger partial charge on any atom is 0.426 e. The molecule has 0 aromatic heterocycles. The van der Waals surface area contributed by atoms with Crippen molar-refractivity contribution in [2.45, 2.75) is 26.4 Å². The van der Waals surface area contributed by atoms with Gasteiger partial charge in [0.1, 0.15) is 17.2 Å². The Kier molecular flexibility index (Phi) is 4.84. The second kappa shape index (κ2) is 6.18. The lowest BCUT2D eigenvalue weighted by atomic mass is 10.2. The number of nitrogens with one attached hydrogen (secondary N) is 3. The van der Waals surface area contributed by atoms with Crippen molar-refractivity contribution in [3.05, 3.63) is 29.8 Å². The Morgan fingerprint density at radius 3 is 2.35 bits per heavy atom. The number of anilines is 1. The number of hydrogen-bond donors (Lipinski definition) is 3. The van der Waals surface area contributed by atoms with Crippen LogP contribution in [0, 0.1) is 11.6 Å². The largest absolute Gasteiger partial charge is 0.443 e. The molecule has 0 atom stereocenters. The van der Waals surface area contributed by atoms with Crippen molar-refractivity contribution in [3.63, 3.8) is 0 Å². The number of amides is 3. The van der Waals surface area contributed by atoms with E-state index in [1.165, 1.54) is 0 Å². The van der Waals surface area contributed by atoms with Gasteiger partial charge < -0.3 is 10.1 Å². The van der Waals surface area contributed by atoms with Crippen molar-refractivity contribution in [3.8, 4) is 0 Å². The number of ether oxygens (including phenoxy) is 1. The fourth-order valence-corrected chi connectivity index (χ4v) is 1.16. The highest BCUT2D eigenvalue weighted by atomic mass is 19.1. The molecule has 3 N–H and O–H groups in total. The fourth-order valence-electron chi connectivity index (χ4n) is 1.16. The van der Waals surface area contributed by atoms with Gasteiger partial charge in [0.2, 0.25) is 0 Å². The zero-order valence-electron chi connectivity index (χ0n) is 11.2. The summed E-state index contributed by atoms with van der Waals surface area (Å²) in [7, 11) is 0. The zero-order chi connectivity index (χ0) is 15.3. The summed E-state index contributed by atoms with van der Waals surface area (Å²) >= 11 is 0. The van der Waals surface area contributed by atoms with Gasteiger partial charge in [0.25, 0.3) is 0 Å². The van der Waals surface area contributed by atoms with E-state index in [1.807, 2.05) is 10.9 Å². The maximum absolute atomic E-state index is 13.2. The Bertz CT molecular complexity index is 515. The Balaban J connectivity index is 2.46. The summed E-state index contributed by atoms with van der Waals surface area (Å²) in [6.45, 7) is 4.96. The molecule has 0 aliphatic carbocycles. The molecule has 0 unspecified atom stereocenters. The first-order valence-electron chi connectivity index (χ1n) is 5.68. The number of rotatable bonds is 1. The van der Waals surface area contributed by atoms with Crippen molar-refractivity contribution in [1.82, 2.24) is 10.9 Å².